The summed E-state index contributed by atoms with van der Waals surface area (Å²) in [7, 11) is 3.06. The third kappa shape index (κ3) is 6.98. The molecule has 0 aliphatic carbocycles. The Balaban J connectivity index is 2.45. The summed E-state index contributed by atoms with van der Waals surface area (Å²) in [5, 5.41) is 4.93. The van der Waals surface area contributed by atoms with Crippen LogP contribution in [0.25, 0.3) is 0 Å². The van der Waals surface area contributed by atoms with Gasteiger partial charge in [-0.05, 0) is 24.6 Å². The molecule has 0 fully saturated rings. The molecule has 0 heterocycles. The molecule has 0 aliphatic heterocycles. The van der Waals surface area contributed by atoms with E-state index < -0.39 is 24.0 Å². The van der Waals surface area contributed by atoms with E-state index in [2.05, 4.69) is 10.6 Å². The number of nitrogens with one attached hydrogen (secondary N) is 2. The lowest BCUT2D eigenvalue weighted by molar-refractivity contribution is -0.154. The van der Waals surface area contributed by atoms with E-state index in [9.17, 15) is 14.4 Å². The zero-order valence-corrected chi connectivity index (χ0v) is 14.5. The molecule has 1 aromatic rings. The molecular formula is C16H23N3O6. The predicted octanol–water partition coefficient (Wildman–Crippen LogP) is 0.310. The summed E-state index contributed by atoms with van der Waals surface area (Å²) < 4.78 is 15.3. The van der Waals surface area contributed by atoms with Crippen molar-refractivity contribution in [2.24, 2.45) is 5.73 Å². The van der Waals surface area contributed by atoms with Crippen LogP contribution in [0.5, 0.6) is 11.5 Å². The van der Waals surface area contributed by atoms with E-state index in [1.807, 2.05) is 0 Å². The fourth-order valence-electron chi connectivity index (χ4n) is 1.92. The minimum Gasteiger partial charge on any atom is -0.493 e. The maximum Gasteiger partial charge on any atom is 0.312 e. The Morgan fingerprint density at radius 1 is 1.12 bits per heavy atom. The first-order valence-electron chi connectivity index (χ1n) is 7.58. The van der Waals surface area contributed by atoms with Crippen LogP contribution in [0.3, 0.4) is 0 Å². The van der Waals surface area contributed by atoms with Gasteiger partial charge in [0.15, 0.2) is 17.6 Å². The van der Waals surface area contributed by atoms with Crippen LogP contribution in [0.1, 0.15) is 18.9 Å². The molecule has 0 spiro atoms. The van der Waals surface area contributed by atoms with Gasteiger partial charge in [0.1, 0.15) is 0 Å². The van der Waals surface area contributed by atoms with Gasteiger partial charge in [-0.15, -0.1) is 0 Å². The summed E-state index contributed by atoms with van der Waals surface area (Å²) in [5.41, 5.74) is 5.68. The van der Waals surface area contributed by atoms with Crippen molar-refractivity contribution in [1.82, 2.24) is 10.6 Å². The van der Waals surface area contributed by atoms with Crippen LogP contribution in [-0.4, -0.2) is 44.8 Å². The van der Waals surface area contributed by atoms with Crippen LogP contribution in [0, 0.1) is 0 Å². The van der Waals surface area contributed by atoms with Crippen LogP contribution in [0.2, 0.25) is 0 Å². The highest BCUT2D eigenvalue weighted by Gasteiger charge is 2.17. The van der Waals surface area contributed by atoms with E-state index >= 15 is 0 Å². The van der Waals surface area contributed by atoms with Gasteiger partial charge in [-0.2, -0.15) is 0 Å². The number of methoxy groups -OCH3 is 2. The standard InChI is InChI=1S/C16H23N3O6/c1-10(25-14(20)6-7-18-16(17)22)15(21)19-9-11-4-5-12(23-2)13(8-11)24-3/h4-5,8,10H,6-7,9H2,1-3H3,(H,19,21)(H3,17,18,22)/t10-/m0/s1. The maximum absolute atomic E-state index is 12.0. The molecule has 0 aromatic heterocycles. The van der Waals surface area contributed by atoms with E-state index in [0.29, 0.717) is 11.5 Å². The third-order valence-corrected chi connectivity index (χ3v) is 3.22. The van der Waals surface area contributed by atoms with Crippen molar-refractivity contribution >= 4 is 17.9 Å². The van der Waals surface area contributed by atoms with Gasteiger partial charge in [-0.1, -0.05) is 6.07 Å². The van der Waals surface area contributed by atoms with Crippen LogP contribution >= 0.6 is 0 Å². The molecule has 4 N–H and O–H groups in total. The molecule has 0 bridgehead atoms. The number of benzene rings is 1. The van der Waals surface area contributed by atoms with Crippen molar-refractivity contribution < 1.29 is 28.6 Å². The number of hydrogen-bond donors (Lipinski definition) is 3. The lowest BCUT2D eigenvalue weighted by atomic mass is 10.2. The Bertz CT molecular complexity index is 620. The van der Waals surface area contributed by atoms with E-state index in [0.717, 1.165) is 5.56 Å². The monoisotopic (exact) mass is 353 g/mol. The molecule has 0 radical (unpaired) electrons. The van der Waals surface area contributed by atoms with Gasteiger partial charge in [0, 0.05) is 13.1 Å². The average Bonchev–Trinajstić information content (AvgIpc) is 2.58. The first-order chi connectivity index (χ1) is 11.9. The van der Waals surface area contributed by atoms with Gasteiger partial charge in [0.2, 0.25) is 0 Å². The lowest BCUT2D eigenvalue weighted by Gasteiger charge is -2.14. The number of esters is 1. The van der Waals surface area contributed by atoms with Crippen LogP contribution in [-0.2, 0) is 20.9 Å². The van der Waals surface area contributed by atoms with Gasteiger partial charge in [-0.25, -0.2) is 4.79 Å². The van der Waals surface area contributed by atoms with E-state index in [1.54, 1.807) is 18.2 Å². The van der Waals surface area contributed by atoms with Crippen LogP contribution < -0.4 is 25.8 Å². The molecule has 0 aliphatic rings. The molecular weight excluding hydrogens is 330 g/mol. The highest BCUT2D eigenvalue weighted by molar-refractivity contribution is 5.83. The highest BCUT2D eigenvalue weighted by Crippen LogP contribution is 2.27. The second-order valence-corrected chi connectivity index (χ2v) is 5.08. The molecule has 1 atom stereocenters. The summed E-state index contributed by atoms with van der Waals surface area (Å²) in [5.74, 6) is 0.0913. The summed E-state index contributed by atoms with van der Waals surface area (Å²) in [6, 6.07) is 4.53. The fourth-order valence-corrected chi connectivity index (χ4v) is 1.92. The Morgan fingerprint density at radius 2 is 1.80 bits per heavy atom. The minimum atomic E-state index is -0.957. The number of nitrogens with two attached hydrogens (primary N) is 1. The Morgan fingerprint density at radius 3 is 2.40 bits per heavy atom. The summed E-state index contributed by atoms with van der Waals surface area (Å²) in [6.07, 6.45) is -1.03. The lowest BCUT2D eigenvalue weighted by Crippen LogP contribution is -2.36. The van der Waals surface area contributed by atoms with Crippen molar-refractivity contribution in [3.63, 3.8) is 0 Å². The van der Waals surface area contributed by atoms with Crippen LogP contribution in [0.4, 0.5) is 4.79 Å². The molecule has 1 rings (SSSR count). The number of primary amides is 1. The van der Waals surface area contributed by atoms with E-state index in [-0.39, 0.29) is 19.5 Å². The summed E-state index contributed by atoms with van der Waals surface area (Å²) >= 11 is 0. The molecule has 0 unspecified atom stereocenters. The van der Waals surface area contributed by atoms with E-state index in [1.165, 1.54) is 21.1 Å². The number of hydrogen-bond acceptors (Lipinski definition) is 6. The van der Waals surface area contributed by atoms with Crippen molar-refractivity contribution in [1.29, 1.82) is 0 Å². The normalized spacial score (nSPS) is 11.2. The number of carbonyl (C=O) groups is 3. The molecule has 9 nitrogen and oxygen atoms in total. The van der Waals surface area contributed by atoms with Gasteiger partial charge in [0.05, 0.1) is 20.6 Å². The molecule has 138 valence electrons. The number of rotatable bonds is 9. The molecule has 0 saturated carbocycles. The Labute approximate surface area is 145 Å². The largest absolute Gasteiger partial charge is 0.493 e. The smallest absolute Gasteiger partial charge is 0.312 e. The number of carbonyl (C=O) groups excluding carboxylic acids is 3. The quantitative estimate of drug-likeness (QED) is 0.548. The SMILES string of the molecule is COc1ccc(CNC(=O)[C@H](C)OC(=O)CCNC(N)=O)cc1OC. The van der Waals surface area contributed by atoms with Gasteiger partial charge < -0.3 is 30.6 Å². The first kappa shape index (κ1) is 20.1. The second kappa shape index (κ2) is 10.0. The van der Waals surface area contributed by atoms with Crippen molar-refractivity contribution in [2.45, 2.75) is 26.0 Å². The molecule has 25 heavy (non-hydrogen) atoms. The zero-order chi connectivity index (χ0) is 18.8. The Kier molecular flexibility index (Phi) is 8.04. The zero-order valence-electron chi connectivity index (χ0n) is 14.5. The fraction of sp³-hybridized carbons (Fsp3) is 0.438. The van der Waals surface area contributed by atoms with Gasteiger partial charge in [0.25, 0.3) is 5.91 Å². The van der Waals surface area contributed by atoms with Crippen molar-refractivity contribution in [2.75, 3.05) is 20.8 Å². The van der Waals surface area contributed by atoms with Crippen molar-refractivity contribution in [3.05, 3.63) is 23.8 Å². The molecule has 9 heteroatoms. The average molecular weight is 353 g/mol. The third-order valence-electron chi connectivity index (χ3n) is 3.22. The number of ether oxygens (including phenoxy) is 3. The van der Waals surface area contributed by atoms with Crippen molar-refractivity contribution in [3.8, 4) is 11.5 Å². The molecule has 0 saturated heterocycles. The van der Waals surface area contributed by atoms with E-state index in [4.69, 9.17) is 19.9 Å². The van der Waals surface area contributed by atoms with Gasteiger partial charge in [-0.3, -0.25) is 9.59 Å². The second-order valence-electron chi connectivity index (χ2n) is 5.08. The summed E-state index contributed by atoms with van der Waals surface area (Å²) in [4.78, 5) is 34.0. The highest BCUT2D eigenvalue weighted by atomic mass is 16.5. The topological polar surface area (TPSA) is 129 Å². The molecule has 3 amide bonds. The maximum atomic E-state index is 12.0. The first-order valence-corrected chi connectivity index (χ1v) is 7.58. The predicted molar refractivity (Wildman–Crippen MR) is 89.1 cm³/mol. The minimum absolute atomic E-state index is 0.0498. The number of urea groups is 1. The number of amides is 3. The Hall–Kier alpha value is -2.97. The molecule has 1 aromatic carbocycles. The van der Waals surface area contributed by atoms with Gasteiger partial charge >= 0.3 is 12.0 Å². The summed E-state index contributed by atoms with van der Waals surface area (Å²) in [6.45, 7) is 1.75. The van der Waals surface area contributed by atoms with Crippen LogP contribution in [0.15, 0.2) is 18.2 Å².